The third-order valence-electron chi connectivity index (χ3n) is 3.09. The van der Waals surface area contributed by atoms with Crippen LogP contribution in [0.3, 0.4) is 0 Å². The molecule has 0 saturated carbocycles. The highest BCUT2D eigenvalue weighted by molar-refractivity contribution is 5.65. The molecule has 3 aromatic heterocycles. The number of alkyl halides is 3. The average Bonchev–Trinajstić information content (AvgIpc) is 2.91. The molecule has 3 aromatic rings. The summed E-state index contributed by atoms with van der Waals surface area (Å²) in [5, 5.41) is 0. The molecular weight excluding hydrogens is 309 g/mol. The van der Waals surface area contributed by atoms with Crippen LogP contribution in [0.15, 0.2) is 36.9 Å². The van der Waals surface area contributed by atoms with Gasteiger partial charge in [0.2, 0.25) is 5.65 Å². The molecule has 5 nitrogen and oxygen atoms in total. The molecule has 23 heavy (non-hydrogen) atoms. The van der Waals surface area contributed by atoms with E-state index in [-0.39, 0.29) is 6.10 Å². The lowest BCUT2D eigenvalue weighted by molar-refractivity contribution is -0.141. The van der Waals surface area contributed by atoms with Crippen molar-refractivity contribution in [3.05, 3.63) is 42.6 Å². The van der Waals surface area contributed by atoms with Crippen LogP contribution in [-0.2, 0) is 6.18 Å². The van der Waals surface area contributed by atoms with Crippen LogP contribution in [0.2, 0.25) is 0 Å². The highest BCUT2D eigenvalue weighted by atomic mass is 19.4. The van der Waals surface area contributed by atoms with Crippen molar-refractivity contribution < 1.29 is 17.9 Å². The Labute approximate surface area is 129 Å². The number of fused-ring (bicyclic) bond motifs is 1. The fraction of sp³-hybridized carbons (Fsp3) is 0.267. The minimum atomic E-state index is -4.46. The molecule has 0 fully saturated rings. The Kier molecular flexibility index (Phi) is 3.67. The van der Waals surface area contributed by atoms with E-state index in [1.165, 1.54) is 12.3 Å². The molecule has 0 aliphatic heterocycles. The summed E-state index contributed by atoms with van der Waals surface area (Å²) in [6.45, 7) is 3.74. The van der Waals surface area contributed by atoms with Crippen molar-refractivity contribution >= 4 is 5.65 Å². The first kappa shape index (κ1) is 15.3. The van der Waals surface area contributed by atoms with Crippen LogP contribution < -0.4 is 4.74 Å². The molecule has 0 N–H and O–H groups in total. The van der Waals surface area contributed by atoms with Crippen molar-refractivity contribution in [3.8, 4) is 17.1 Å². The van der Waals surface area contributed by atoms with E-state index in [9.17, 15) is 13.2 Å². The minimum absolute atomic E-state index is 0.0680. The zero-order valence-electron chi connectivity index (χ0n) is 12.4. The summed E-state index contributed by atoms with van der Waals surface area (Å²) < 4.78 is 45.0. The van der Waals surface area contributed by atoms with Gasteiger partial charge < -0.3 is 4.74 Å². The molecule has 3 rings (SSSR count). The molecule has 0 saturated heterocycles. The van der Waals surface area contributed by atoms with Gasteiger partial charge in [0.1, 0.15) is 5.69 Å². The quantitative estimate of drug-likeness (QED) is 0.739. The number of imidazole rings is 1. The molecule has 0 amide bonds. The number of hydrogen-bond acceptors (Lipinski definition) is 4. The van der Waals surface area contributed by atoms with Gasteiger partial charge in [0.05, 0.1) is 18.0 Å². The van der Waals surface area contributed by atoms with Crippen molar-refractivity contribution in [2.75, 3.05) is 0 Å². The molecule has 8 heteroatoms. The van der Waals surface area contributed by atoms with Crippen LogP contribution in [0.4, 0.5) is 13.2 Å². The Balaban J connectivity index is 2.04. The van der Waals surface area contributed by atoms with Gasteiger partial charge in [0.25, 0.3) is 5.88 Å². The van der Waals surface area contributed by atoms with Crippen LogP contribution in [0.1, 0.15) is 19.5 Å². The highest BCUT2D eigenvalue weighted by Gasteiger charge is 2.32. The molecular formula is C15H13F3N4O. The number of pyridine rings is 1. The van der Waals surface area contributed by atoms with Crippen molar-refractivity contribution in [3.63, 3.8) is 0 Å². The Morgan fingerprint density at radius 1 is 1.09 bits per heavy atom. The van der Waals surface area contributed by atoms with Crippen LogP contribution in [-0.4, -0.2) is 25.5 Å². The third-order valence-corrected chi connectivity index (χ3v) is 3.09. The van der Waals surface area contributed by atoms with Crippen LogP contribution in [0.5, 0.6) is 5.88 Å². The number of halogens is 3. The first-order chi connectivity index (χ1) is 10.9. The third kappa shape index (κ3) is 2.96. The maximum Gasteiger partial charge on any atom is 0.433 e. The Morgan fingerprint density at radius 3 is 2.48 bits per heavy atom. The maximum atomic E-state index is 12.6. The first-order valence-electron chi connectivity index (χ1n) is 6.88. The van der Waals surface area contributed by atoms with E-state index >= 15 is 0 Å². The van der Waals surface area contributed by atoms with E-state index in [0.717, 1.165) is 6.07 Å². The summed E-state index contributed by atoms with van der Waals surface area (Å²) in [4.78, 5) is 11.8. The van der Waals surface area contributed by atoms with Crippen LogP contribution >= 0.6 is 0 Å². The lowest BCUT2D eigenvalue weighted by Crippen LogP contribution is -2.08. The van der Waals surface area contributed by atoms with E-state index in [1.807, 2.05) is 13.8 Å². The summed E-state index contributed by atoms with van der Waals surface area (Å²) in [7, 11) is 0. The molecule has 0 aliphatic rings. The lowest BCUT2D eigenvalue weighted by Gasteiger charge is -2.10. The maximum absolute atomic E-state index is 12.6. The monoisotopic (exact) mass is 322 g/mol. The number of nitrogens with zero attached hydrogens (tertiary/aromatic N) is 4. The Bertz CT molecular complexity index is 825. The topological polar surface area (TPSA) is 52.3 Å². The fourth-order valence-electron chi connectivity index (χ4n) is 2.13. The van der Waals surface area contributed by atoms with E-state index in [4.69, 9.17) is 4.74 Å². The Hall–Kier alpha value is -2.64. The van der Waals surface area contributed by atoms with E-state index in [2.05, 4.69) is 15.0 Å². The average molecular weight is 322 g/mol. The molecule has 0 atom stereocenters. The summed E-state index contributed by atoms with van der Waals surface area (Å²) in [5.74, 6) is 0.369. The normalized spacial score (nSPS) is 12.1. The van der Waals surface area contributed by atoms with Gasteiger partial charge in [-0.3, -0.25) is 9.38 Å². The van der Waals surface area contributed by atoms with E-state index in [0.29, 0.717) is 22.8 Å². The van der Waals surface area contributed by atoms with Gasteiger partial charge in [0, 0.05) is 24.2 Å². The fourth-order valence-corrected chi connectivity index (χ4v) is 2.13. The van der Waals surface area contributed by atoms with Gasteiger partial charge in [0.15, 0.2) is 0 Å². The number of ether oxygens (including phenoxy) is 1. The van der Waals surface area contributed by atoms with Gasteiger partial charge >= 0.3 is 6.18 Å². The van der Waals surface area contributed by atoms with E-state index < -0.39 is 11.9 Å². The second-order valence-electron chi connectivity index (χ2n) is 5.17. The summed E-state index contributed by atoms with van der Waals surface area (Å²) in [5.41, 5.74) is 0.695. The molecule has 3 heterocycles. The largest absolute Gasteiger partial charge is 0.472 e. The zero-order chi connectivity index (χ0) is 16.6. The molecule has 0 bridgehead atoms. The number of rotatable bonds is 3. The second kappa shape index (κ2) is 5.53. The molecule has 0 radical (unpaired) electrons. The van der Waals surface area contributed by atoms with E-state index in [1.54, 1.807) is 23.0 Å². The molecule has 0 spiro atoms. The predicted molar refractivity (Wildman–Crippen MR) is 77.0 cm³/mol. The first-order valence-corrected chi connectivity index (χ1v) is 6.88. The van der Waals surface area contributed by atoms with Gasteiger partial charge in [-0.15, -0.1) is 0 Å². The van der Waals surface area contributed by atoms with Gasteiger partial charge in [-0.2, -0.15) is 13.2 Å². The minimum Gasteiger partial charge on any atom is -0.472 e. The van der Waals surface area contributed by atoms with Crippen molar-refractivity contribution in [1.82, 2.24) is 19.4 Å². The smallest absolute Gasteiger partial charge is 0.433 e. The molecule has 120 valence electrons. The standard InChI is InChI=1S/C15H13F3N4O/c1-9(2)23-14-13-21-8-11(22(13)6-5-19-14)10-3-4-12(20-7-10)15(16,17)18/h3-9H,1-2H3. The Morgan fingerprint density at radius 2 is 1.87 bits per heavy atom. The van der Waals surface area contributed by atoms with Gasteiger partial charge in [-0.05, 0) is 26.0 Å². The zero-order valence-corrected chi connectivity index (χ0v) is 12.4. The summed E-state index contributed by atoms with van der Waals surface area (Å²) in [6.07, 6.45) is 1.42. The van der Waals surface area contributed by atoms with Crippen molar-refractivity contribution in [2.45, 2.75) is 26.1 Å². The second-order valence-corrected chi connectivity index (χ2v) is 5.17. The highest BCUT2D eigenvalue weighted by Crippen LogP contribution is 2.29. The van der Waals surface area contributed by atoms with Crippen LogP contribution in [0.25, 0.3) is 16.9 Å². The predicted octanol–water partition coefficient (Wildman–Crippen LogP) is 3.60. The van der Waals surface area contributed by atoms with Crippen LogP contribution in [0, 0.1) is 0 Å². The molecule has 0 unspecified atom stereocenters. The van der Waals surface area contributed by atoms with Crippen molar-refractivity contribution in [1.29, 1.82) is 0 Å². The lowest BCUT2D eigenvalue weighted by atomic mass is 10.2. The molecule has 0 aliphatic carbocycles. The number of aromatic nitrogens is 4. The van der Waals surface area contributed by atoms with Crippen molar-refractivity contribution in [2.24, 2.45) is 0 Å². The SMILES string of the molecule is CC(C)Oc1nccn2c(-c3ccc(C(F)(F)F)nc3)cnc12. The van der Waals surface area contributed by atoms with Gasteiger partial charge in [-0.1, -0.05) is 0 Å². The number of hydrogen-bond donors (Lipinski definition) is 0. The summed E-state index contributed by atoms with van der Waals surface area (Å²) >= 11 is 0. The molecule has 0 aromatic carbocycles. The van der Waals surface area contributed by atoms with Gasteiger partial charge in [-0.25, -0.2) is 9.97 Å². The summed E-state index contributed by atoms with van der Waals surface area (Å²) in [6, 6.07) is 2.31.